The highest BCUT2D eigenvalue weighted by Crippen LogP contribution is 2.30. The summed E-state index contributed by atoms with van der Waals surface area (Å²) in [5.41, 5.74) is 1.00. The van der Waals surface area contributed by atoms with E-state index in [4.69, 9.17) is 4.74 Å². The molecule has 1 aliphatic rings. The Hall–Kier alpha value is -1.66. The van der Waals surface area contributed by atoms with E-state index in [2.05, 4.69) is 11.8 Å². The Bertz CT molecular complexity index is 506. The summed E-state index contributed by atoms with van der Waals surface area (Å²) in [6.45, 7) is 3.37. The second kappa shape index (κ2) is 5.76. The Morgan fingerprint density at radius 3 is 2.90 bits per heavy atom. The van der Waals surface area contributed by atoms with Crippen molar-refractivity contribution in [2.45, 2.75) is 32.0 Å². The SMILES string of the molecule is COC1(C)CCCN(c2ccc([N+](=O)[O-])c(CO)c2)C1. The van der Waals surface area contributed by atoms with E-state index in [-0.39, 0.29) is 17.9 Å². The quantitative estimate of drug-likeness (QED) is 0.675. The first kappa shape index (κ1) is 14.7. The maximum Gasteiger partial charge on any atom is 0.275 e. The van der Waals surface area contributed by atoms with Crippen LogP contribution in [0.25, 0.3) is 0 Å². The fourth-order valence-corrected chi connectivity index (χ4v) is 2.67. The first-order chi connectivity index (χ1) is 9.49. The first-order valence-corrected chi connectivity index (χ1v) is 6.67. The molecule has 1 atom stereocenters. The highest BCUT2D eigenvalue weighted by molar-refractivity contribution is 5.56. The Labute approximate surface area is 118 Å². The molecule has 1 fully saturated rings. The third-order valence-corrected chi connectivity index (χ3v) is 3.95. The summed E-state index contributed by atoms with van der Waals surface area (Å²) < 4.78 is 5.55. The molecule has 0 spiro atoms. The molecule has 1 N–H and O–H groups in total. The van der Waals surface area contributed by atoms with Gasteiger partial charge in [0.1, 0.15) is 0 Å². The average molecular weight is 280 g/mol. The lowest BCUT2D eigenvalue weighted by Gasteiger charge is -2.40. The summed E-state index contributed by atoms with van der Waals surface area (Å²) in [5, 5.41) is 20.2. The number of rotatable bonds is 4. The summed E-state index contributed by atoms with van der Waals surface area (Å²) in [5.74, 6) is 0. The van der Waals surface area contributed by atoms with E-state index in [1.807, 2.05) is 0 Å². The molecule has 0 saturated carbocycles. The van der Waals surface area contributed by atoms with E-state index in [0.29, 0.717) is 5.56 Å². The minimum Gasteiger partial charge on any atom is -0.391 e. The van der Waals surface area contributed by atoms with Crippen LogP contribution in [0.15, 0.2) is 18.2 Å². The minimum atomic E-state index is -0.467. The molecule has 0 radical (unpaired) electrons. The predicted octanol–water partition coefficient (Wildman–Crippen LogP) is 2.09. The molecule has 6 heteroatoms. The van der Waals surface area contributed by atoms with Crippen LogP contribution < -0.4 is 4.90 Å². The molecule has 0 aliphatic carbocycles. The molecule has 1 aliphatic heterocycles. The van der Waals surface area contributed by atoms with Crippen molar-refractivity contribution in [3.05, 3.63) is 33.9 Å². The number of benzene rings is 1. The summed E-state index contributed by atoms with van der Waals surface area (Å²) in [4.78, 5) is 12.6. The lowest BCUT2D eigenvalue weighted by Crippen LogP contribution is -2.47. The van der Waals surface area contributed by atoms with Crippen molar-refractivity contribution in [1.29, 1.82) is 0 Å². The molecule has 0 aromatic heterocycles. The van der Waals surface area contributed by atoms with Crippen molar-refractivity contribution in [2.24, 2.45) is 0 Å². The topological polar surface area (TPSA) is 75.8 Å². The van der Waals surface area contributed by atoms with Crippen LogP contribution in [0.2, 0.25) is 0 Å². The van der Waals surface area contributed by atoms with Crippen molar-refractivity contribution >= 4 is 11.4 Å². The highest BCUT2D eigenvalue weighted by Gasteiger charge is 2.31. The summed E-state index contributed by atoms with van der Waals surface area (Å²) >= 11 is 0. The van der Waals surface area contributed by atoms with Gasteiger partial charge in [-0.15, -0.1) is 0 Å². The number of ether oxygens (including phenoxy) is 1. The van der Waals surface area contributed by atoms with Gasteiger partial charge in [-0.2, -0.15) is 0 Å². The largest absolute Gasteiger partial charge is 0.391 e. The van der Waals surface area contributed by atoms with E-state index < -0.39 is 4.92 Å². The molecule has 6 nitrogen and oxygen atoms in total. The van der Waals surface area contributed by atoms with Crippen molar-refractivity contribution < 1.29 is 14.8 Å². The number of piperidine rings is 1. The number of aliphatic hydroxyl groups excluding tert-OH is 1. The fourth-order valence-electron chi connectivity index (χ4n) is 2.67. The zero-order valence-electron chi connectivity index (χ0n) is 11.8. The zero-order chi connectivity index (χ0) is 14.8. The van der Waals surface area contributed by atoms with Crippen molar-refractivity contribution in [3.8, 4) is 0 Å². The number of hydrogen-bond donors (Lipinski definition) is 1. The fraction of sp³-hybridized carbons (Fsp3) is 0.571. The number of nitro benzene ring substituents is 1. The van der Waals surface area contributed by atoms with E-state index in [1.165, 1.54) is 6.07 Å². The third-order valence-electron chi connectivity index (χ3n) is 3.95. The molecule has 20 heavy (non-hydrogen) atoms. The first-order valence-electron chi connectivity index (χ1n) is 6.67. The van der Waals surface area contributed by atoms with Crippen LogP contribution in [0.5, 0.6) is 0 Å². The van der Waals surface area contributed by atoms with Gasteiger partial charge in [-0.3, -0.25) is 10.1 Å². The van der Waals surface area contributed by atoms with E-state index >= 15 is 0 Å². The van der Waals surface area contributed by atoms with Gasteiger partial charge in [-0.05, 0) is 31.9 Å². The monoisotopic (exact) mass is 280 g/mol. The number of methoxy groups -OCH3 is 1. The van der Waals surface area contributed by atoms with Gasteiger partial charge in [0.25, 0.3) is 5.69 Å². The van der Waals surface area contributed by atoms with Crippen molar-refractivity contribution in [1.82, 2.24) is 0 Å². The van der Waals surface area contributed by atoms with Crippen LogP contribution in [0.4, 0.5) is 11.4 Å². The molecule has 1 unspecified atom stereocenters. The maximum absolute atomic E-state index is 10.9. The minimum absolute atomic E-state index is 0.0391. The molecule has 0 bridgehead atoms. The Balaban J connectivity index is 2.27. The number of nitrogens with zero attached hydrogens (tertiary/aromatic N) is 2. The maximum atomic E-state index is 10.9. The second-order valence-corrected chi connectivity index (χ2v) is 5.41. The van der Waals surface area contributed by atoms with Gasteiger partial charge in [0, 0.05) is 32.0 Å². The Morgan fingerprint density at radius 1 is 1.55 bits per heavy atom. The molecule has 0 amide bonds. The number of nitro groups is 1. The molecular formula is C14H20N2O4. The molecule has 2 rings (SSSR count). The number of aliphatic hydroxyl groups is 1. The third kappa shape index (κ3) is 2.91. The zero-order valence-corrected chi connectivity index (χ0v) is 11.8. The van der Waals surface area contributed by atoms with Crippen LogP contribution >= 0.6 is 0 Å². The lowest BCUT2D eigenvalue weighted by molar-refractivity contribution is -0.385. The molecule has 1 saturated heterocycles. The van der Waals surface area contributed by atoms with Crippen LogP contribution in [0, 0.1) is 10.1 Å². The van der Waals surface area contributed by atoms with E-state index in [1.54, 1.807) is 19.2 Å². The molecule has 1 aromatic rings. The number of anilines is 1. The summed E-state index contributed by atoms with van der Waals surface area (Å²) in [7, 11) is 1.71. The van der Waals surface area contributed by atoms with Gasteiger partial charge in [0.15, 0.2) is 0 Å². The van der Waals surface area contributed by atoms with Crippen molar-refractivity contribution in [3.63, 3.8) is 0 Å². The van der Waals surface area contributed by atoms with Gasteiger partial charge in [-0.25, -0.2) is 0 Å². The normalized spacial score (nSPS) is 22.9. The molecule has 1 heterocycles. The molecular weight excluding hydrogens is 260 g/mol. The second-order valence-electron chi connectivity index (χ2n) is 5.41. The van der Waals surface area contributed by atoms with E-state index in [0.717, 1.165) is 31.6 Å². The number of hydrogen-bond acceptors (Lipinski definition) is 5. The van der Waals surface area contributed by atoms with Crippen LogP contribution in [0.3, 0.4) is 0 Å². The molecule has 110 valence electrons. The average Bonchev–Trinajstić information content (AvgIpc) is 2.46. The van der Waals surface area contributed by atoms with E-state index in [9.17, 15) is 15.2 Å². The van der Waals surface area contributed by atoms with Crippen LogP contribution in [-0.2, 0) is 11.3 Å². The lowest BCUT2D eigenvalue weighted by atomic mass is 9.94. The standard InChI is InChI=1S/C14H20N2O4/c1-14(20-2)6-3-7-15(10-14)12-4-5-13(16(18)19)11(8-12)9-17/h4-5,8,17H,3,6-7,9-10H2,1-2H3. The van der Waals surface area contributed by atoms with Gasteiger partial charge in [0.2, 0.25) is 0 Å². The summed E-state index contributed by atoms with van der Waals surface area (Å²) in [6, 6.07) is 4.89. The van der Waals surface area contributed by atoms with Crippen LogP contribution in [0.1, 0.15) is 25.3 Å². The van der Waals surface area contributed by atoms with Gasteiger partial charge < -0.3 is 14.7 Å². The molecule has 1 aromatic carbocycles. The predicted molar refractivity (Wildman–Crippen MR) is 75.9 cm³/mol. The smallest absolute Gasteiger partial charge is 0.275 e. The van der Waals surface area contributed by atoms with Gasteiger partial charge >= 0.3 is 0 Å². The Kier molecular flexibility index (Phi) is 4.25. The van der Waals surface area contributed by atoms with Crippen LogP contribution in [-0.4, -0.2) is 35.8 Å². The van der Waals surface area contributed by atoms with Gasteiger partial charge in [0.05, 0.1) is 22.7 Å². The summed E-state index contributed by atoms with van der Waals surface area (Å²) in [6.07, 6.45) is 2.01. The Morgan fingerprint density at radius 2 is 2.30 bits per heavy atom. The highest BCUT2D eigenvalue weighted by atomic mass is 16.6. The van der Waals surface area contributed by atoms with Gasteiger partial charge in [-0.1, -0.05) is 0 Å². The van der Waals surface area contributed by atoms with Crippen molar-refractivity contribution in [2.75, 3.05) is 25.1 Å².